The van der Waals surface area contributed by atoms with Gasteiger partial charge in [-0.1, -0.05) is 42.5 Å². The van der Waals surface area contributed by atoms with Gasteiger partial charge >= 0.3 is 11.1 Å². The third-order valence-corrected chi connectivity index (χ3v) is 4.49. The second-order valence-corrected chi connectivity index (χ2v) is 6.06. The predicted molar refractivity (Wildman–Crippen MR) is 101 cm³/mol. The fourth-order valence-corrected chi connectivity index (χ4v) is 3.28. The topological polar surface area (TPSA) is 109 Å². The number of aromatic amines is 2. The van der Waals surface area contributed by atoms with Crippen LogP contribution in [0, 0.1) is 0 Å². The van der Waals surface area contributed by atoms with Gasteiger partial charge in [0.05, 0.1) is 16.7 Å². The van der Waals surface area contributed by atoms with Crippen molar-refractivity contribution in [2.24, 2.45) is 0 Å². The third-order valence-electron chi connectivity index (χ3n) is 4.49. The Morgan fingerprint density at radius 1 is 0.926 bits per heavy atom. The molecular formula is C19H12N6O2. The summed E-state index contributed by atoms with van der Waals surface area (Å²) in [5.74, 6) is 0.407. The van der Waals surface area contributed by atoms with E-state index in [0.29, 0.717) is 28.1 Å². The summed E-state index contributed by atoms with van der Waals surface area (Å²) < 4.78 is 1.41. The zero-order valence-electron chi connectivity index (χ0n) is 13.9. The van der Waals surface area contributed by atoms with Gasteiger partial charge < -0.3 is 4.98 Å². The van der Waals surface area contributed by atoms with Crippen molar-refractivity contribution in [3.63, 3.8) is 0 Å². The lowest BCUT2D eigenvalue weighted by atomic mass is 10.1. The smallest absolute Gasteiger partial charge is 0.315 e. The molecule has 5 aromatic rings. The minimum absolute atomic E-state index is 0.407. The molecule has 2 aromatic heterocycles. The zero-order chi connectivity index (χ0) is 18.4. The van der Waals surface area contributed by atoms with E-state index in [-0.39, 0.29) is 0 Å². The second kappa shape index (κ2) is 5.73. The lowest BCUT2D eigenvalue weighted by Gasteiger charge is -2.12. The Balaban J connectivity index is 1.87. The summed E-state index contributed by atoms with van der Waals surface area (Å²) in [5.41, 5.74) is 1.13. The van der Waals surface area contributed by atoms with Gasteiger partial charge in [-0.15, -0.1) is 10.2 Å². The molecule has 0 aliphatic heterocycles. The predicted octanol–water partition coefficient (Wildman–Crippen LogP) is 2.01. The summed E-state index contributed by atoms with van der Waals surface area (Å²) in [4.78, 5) is 27.8. The van der Waals surface area contributed by atoms with Crippen LogP contribution in [0.2, 0.25) is 0 Å². The molecular weight excluding hydrogens is 344 g/mol. The van der Waals surface area contributed by atoms with Crippen LogP contribution in [-0.2, 0) is 0 Å². The van der Waals surface area contributed by atoms with E-state index in [9.17, 15) is 9.59 Å². The van der Waals surface area contributed by atoms with E-state index >= 15 is 0 Å². The maximum Gasteiger partial charge on any atom is 0.321 e. The van der Waals surface area contributed by atoms with Crippen LogP contribution < -0.4 is 11.1 Å². The van der Waals surface area contributed by atoms with Crippen molar-refractivity contribution in [3.8, 4) is 17.1 Å². The number of H-pyrrole nitrogens is 2. The van der Waals surface area contributed by atoms with Gasteiger partial charge in [0, 0.05) is 10.9 Å². The maximum atomic E-state index is 12.7. The molecule has 0 saturated heterocycles. The van der Waals surface area contributed by atoms with Crippen LogP contribution in [0.25, 0.3) is 38.9 Å². The van der Waals surface area contributed by atoms with Crippen molar-refractivity contribution in [2.75, 3.05) is 0 Å². The molecule has 0 fully saturated rings. The molecule has 130 valence electrons. The Kier molecular flexibility index (Phi) is 3.23. The largest absolute Gasteiger partial charge is 0.321 e. The van der Waals surface area contributed by atoms with Gasteiger partial charge in [0.2, 0.25) is 5.82 Å². The van der Waals surface area contributed by atoms with E-state index in [2.05, 4.69) is 25.6 Å². The first-order chi connectivity index (χ1) is 13.2. The standard InChI is InChI=1S/C19H12N6O2/c26-18-19(27)25(13-6-3-5-12(10-13)17-21-23-24-22-17)15-9-8-11-4-1-2-7-14(11)16(15)20-18/h1-10H,(H,20,26)(H,21,22,23,24). The summed E-state index contributed by atoms with van der Waals surface area (Å²) in [7, 11) is 0. The van der Waals surface area contributed by atoms with Gasteiger partial charge in [0.1, 0.15) is 0 Å². The molecule has 0 unspecified atom stereocenters. The van der Waals surface area contributed by atoms with Crippen molar-refractivity contribution in [2.45, 2.75) is 0 Å². The summed E-state index contributed by atoms with van der Waals surface area (Å²) in [6.07, 6.45) is 0. The Labute approximate surface area is 151 Å². The molecule has 2 heterocycles. The minimum Gasteiger partial charge on any atom is -0.315 e. The first-order valence-corrected chi connectivity index (χ1v) is 8.23. The van der Waals surface area contributed by atoms with Crippen molar-refractivity contribution in [1.82, 2.24) is 30.2 Å². The van der Waals surface area contributed by atoms with E-state index in [1.165, 1.54) is 4.57 Å². The molecule has 5 rings (SSSR count). The van der Waals surface area contributed by atoms with Gasteiger partial charge in [0.25, 0.3) is 0 Å². The monoisotopic (exact) mass is 356 g/mol. The van der Waals surface area contributed by atoms with Gasteiger partial charge in [-0.2, -0.15) is 5.21 Å². The number of nitrogens with one attached hydrogen (secondary N) is 2. The molecule has 8 nitrogen and oxygen atoms in total. The van der Waals surface area contributed by atoms with Crippen LogP contribution in [0.4, 0.5) is 0 Å². The Morgan fingerprint density at radius 2 is 1.81 bits per heavy atom. The average Bonchev–Trinajstić information content (AvgIpc) is 3.24. The fourth-order valence-electron chi connectivity index (χ4n) is 3.28. The maximum absolute atomic E-state index is 12.7. The second-order valence-electron chi connectivity index (χ2n) is 6.06. The third kappa shape index (κ3) is 2.35. The van der Waals surface area contributed by atoms with Gasteiger partial charge in [-0.25, -0.2) is 0 Å². The molecule has 2 N–H and O–H groups in total. The molecule has 3 aromatic carbocycles. The number of tetrazole rings is 1. The summed E-state index contributed by atoms with van der Waals surface area (Å²) >= 11 is 0. The lowest BCUT2D eigenvalue weighted by molar-refractivity contribution is 0.881. The van der Waals surface area contributed by atoms with Crippen molar-refractivity contribution < 1.29 is 0 Å². The number of nitrogens with zero attached hydrogens (tertiary/aromatic N) is 4. The highest BCUT2D eigenvalue weighted by Crippen LogP contribution is 2.24. The van der Waals surface area contributed by atoms with E-state index in [0.717, 1.165) is 10.8 Å². The Hall–Kier alpha value is -4.07. The van der Waals surface area contributed by atoms with Crippen LogP contribution >= 0.6 is 0 Å². The van der Waals surface area contributed by atoms with Crippen LogP contribution in [0.15, 0.2) is 70.3 Å². The Bertz CT molecular complexity index is 1420. The highest BCUT2D eigenvalue weighted by Gasteiger charge is 2.13. The highest BCUT2D eigenvalue weighted by molar-refractivity contribution is 6.04. The van der Waals surface area contributed by atoms with Crippen LogP contribution in [-0.4, -0.2) is 30.2 Å². The molecule has 0 atom stereocenters. The van der Waals surface area contributed by atoms with Crippen LogP contribution in [0.3, 0.4) is 0 Å². The average molecular weight is 356 g/mol. The fraction of sp³-hybridized carbons (Fsp3) is 0. The van der Waals surface area contributed by atoms with Crippen molar-refractivity contribution in [3.05, 3.63) is 81.4 Å². The number of hydrogen-bond donors (Lipinski definition) is 2. The molecule has 0 aliphatic rings. The molecule has 27 heavy (non-hydrogen) atoms. The van der Waals surface area contributed by atoms with Gasteiger partial charge in [-0.3, -0.25) is 14.2 Å². The number of aromatic nitrogens is 6. The summed E-state index contributed by atoms with van der Waals surface area (Å²) in [6.45, 7) is 0. The van der Waals surface area contributed by atoms with E-state index in [1.807, 2.05) is 42.5 Å². The van der Waals surface area contributed by atoms with Crippen LogP contribution in [0.5, 0.6) is 0 Å². The number of benzene rings is 3. The van der Waals surface area contributed by atoms with Gasteiger partial charge in [0.15, 0.2) is 0 Å². The molecule has 0 aliphatic carbocycles. The summed E-state index contributed by atoms with van der Waals surface area (Å²) in [5, 5.41) is 15.7. The normalized spacial score (nSPS) is 11.3. The summed E-state index contributed by atoms with van der Waals surface area (Å²) in [6, 6.07) is 18.6. The quantitative estimate of drug-likeness (QED) is 0.371. The highest BCUT2D eigenvalue weighted by atomic mass is 16.2. The van der Waals surface area contributed by atoms with Crippen LogP contribution in [0.1, 0.15) is 0 Å². The molecule has 0 spiro atoms. The molecule has 0 amide bonds. The van der Waals surface area contributed by atoms with E-state index in [4.69, 9.17) is 0 Å². The number of fused-ring (bicyclic) bond motifs is 3. The minimum atomic E-state index is -0.677. The first kappa shape index (κ1) is 15.2. The zero-order valence-corrected chi connectivity index (χ0v) is 13.9. The van der Waals surface area contributed by atoms with Crippen molar-refractivity contribution >= 4 is 21.8 Å². The molecule has 0 radical (unpaired) electrons. The van der Waals surface area contributed by atoms with E-state index in [1.54, 1.807) is 18.2 Å². The first-order valence-electron chi connectivity index (χ1n) is 8.23. The molecule has 0 bridgehead atoms. The van der Waals surface area contributed by atoms with Crippen molar-refractivity contribution in [1.29, 1.82) is 0 Å². The molecule has 0 saturated carbocycles. The van der Waals surface area contributed by atoms with Gasteiger partial charge in [-0.05, 0) is 28.8 Å². The SMILES string of the molecule is O=c1[nH]c2c3ccccc3ccc2n(-c2cccc(-c3nn[nH]n3)c2)c1=O. The molecule has 8 heteroatoms. The number of hydrogen-bond acceptors (Lipinski definition) is 5. The Morgan fingerprint density at radius 3 is 2.67 bits per heavy atom. The lowest BCUT2D eigenvalue weighted by Crippen LogP contribution is -2.35. The van der Waals surface area contributed by atoms with E-state index < -0.39 is 11.1 Å². The number of rotatable bonds is 2.